The van der Waals surface area contributed by atoms with Gasteiger partial charge in [-0.2, -0.15) is 0 Å². The van der Waals surface area contributed by atoms with E-state index in [9.17, 15) is 19.5 Å². The molecule has 0 aromatic rings. The van der Waals surface area contributed by atoms with Gasteiger partial charge in [0, 0.05) is 30.0 Å². The number of carbonyl (C=O) groups excluding carboxylic acids is 2. The van der Waals surface area contributed by atoms with Crippen LogP contribution < -0.4 is 11.1 Å². The number of aliphatic carboxylic acids is 1. The van der Waals surface area contributed by atoms with Crippen molar-refractivity contribution in [1.82, 2.24) is 10.2 Å². The summed E-state index contributed by atoms with van der Waals surface area (Å²) in [5, 5.41) is 12.9. The zero-order chi connectivity index (χ0) is 34.7. The average Bonchev–Trinajstić information content (AvgIpc) is 3.25. The largest absolute Gasteiger partial charge is 0.481 e. The van der Waals surface area contributed by atoms with Crippen molar-refractivity contribution in [3.8, 4) is 0 Å². The number of primary amides is 1. The second-order valence-electron chi connectivity index (χ2n) is 14.9. The zero-order valence-electron chi connectivity index (χ0n) is 30.3. The molecular weight excluding hydrogens is 594 g/mol. The summed E-state index contributed by atoms with van der Waals surface area (Å²) in [6.07, 6.45) is 26.2. The van der Waals surface area contributed by atoms with Crippen molar-refractivity contribution in [2.24, 2.45) is 17.1 Å². The Labute approximate surface area is 285 Å². The van der Waals surface area contributed by atoms with Gasteiger partial charge in [0.25, 0.3) is 0 Å². The van der Waals surface area contributed by atoms with E-state index in [1.54, 1.807) is 18.7 Å². The number of nitrogens with zero attached hydrogens (tertiary/aromatic N) is 1. The normalized spacial score (nSPS) is 23.4. The summed E-state index contributed by atoms with van der Waals surface area (Å²) < 4.78 is 11.8. The van der Waals surface area contributed by atoms with Gasteiger partial charge in [0.1, 0.15) is 6.10 Å². The summed E-state index contributed by atoms with van der Waals surface area (Å²) >= 11 is 0. The summed E-state index contributed by atoms with van der Waals surface area (Å²) in [5.74, 6) is -2.46. The molecule has 270 valence electrons. The highest BCUT2D eigenvalue weighted by Gasteiger charge is 2.47. The highest BCUT2D eigenvalue weighted by molar-refractivity contribution is 5.83. The molecule has 4 N–H and O–H groups in total. The van der Waals surface area contributed by atoms with Crippen molar-refractivity contribution in [3.05, 3.63) is 24.3 Å². The first-order valence-electron chi connectivity index (χ1n) is 18.6. The number of rotatable bonds is 21. The van der Waals surface area contributed by atoms with E-state index in [-0.39, 0.29) is 24.3 Å². The molecule has 0 bridgehead atoms. The van der Waals surface area contributed by atoms with Crippen LogP contribution in [-0.2, 0) is 19.1 Å². The lowest BCUT2D eigenvalue weighted by molar-refractivity contribution is -0.304. The molecule has 2 fully saturated rings. The molecule has 1 aliphatic carbocycles. The first-order valence-corrected chi connectivity index (χ1v) is 18.6. The van der Waals surface area contributed by atoms with Crippen LogP contribution >= 0.6 is 0 Å². The topological polar surface area (TPSA) is 131 Å². The van der Waals surface area contributed by atoms with Crippen molar-refractivity contribution in [1.29, 1.82) is 0 Å². The summed E-state index contributed by atoms with van der Waals surface area (Å²) in [7, 11) is 0. The average molecular weight is 662 g/mol. The maximum atomic E-state index is 13.7. The molecule has 2 rings (SSSR count). The maximum Gasteiger partial charge on any atom is 0.315 e. The van der Waals surface area contributed by atoms with Gasteiger partial charge in [-0.15, -0.1) is 0 Å². The SMILES string of the molecule is CCCCCCC=CCC=CCCCCCCCN(C(N)=O)C1CCCCCC1C(CC(=O)O)NC(=O)C1OC(C)(C)OCC1(C)C. The number of nitrogens with two attached hydrogens (primary N) is 1. The molecule has 4 atom stereocenters. The fourth-order valence-electron chi connectivity index (χ4n) is 6.96. The number of carboxylic acid groups (broad SMARTS) is 1. The molecular formula is C38H67N3O6. The lowest BCUT2D eigenvalue weighted by Gasteiger charge is -2.45. The zero-order valence-corrected chi connectivity index (χ0v) is 30.3. The molecule has 0 radical (unpaired) electrons. The predicted octanol–water partition coefficient (Wildman–Crippen LogP) is 8.27. The van der Waals surface area contributed by atoms with Crippen molar-refractivity contribution >= 4 is 17.9 Å². The minimum absolute atomic E-state index is 0.219. The van der Waals surface area contributed by atoms with Crippen LogP contribution in [0.2, 0.25) is 0 Å². The fraction of sp³-hybridized carbons (Fsp3) is 0.816. The van der Waals surface area contributed by atoms with E-state index in [0.717, 1.165) is 77.0 Å². The highest BCUT2D eigenvalue weighted by Crippen LogP contribution is 2.36. The van der Waals surface area contributed by atoms with E-state index in [1.165, 1.54) is 32.1 Å². The Balaban J connectivity index is 1.91. The second kappa shape index (κ2) is 21.6. The lowest BCUT2D eigenvalue weighted by atomic mass is 9.82. The van der Waals surface area contributed by atoms with Crippen molar-refractivity contribution in [3.63, 3.8) is 0 Å². The van der Waals surface area contributed by atoms with E-state index >= 15 is 0 Å². The van der Waals surface area contributed by atoms with Gasteiger partial charge in [0.05, 0.1) is 13.0 Å². The Morgan fingerprint density at radius 3 is 2.15 bits per heavy atom. The van der Waals surface area contributed by atoms with Crippen LogP contribution in [0.5, 0.6) is 0 Å². The number of carboxylic acids is 1. The number of carbonyl (C=O) groups is 3. The van der Waals surface area contributed by atoms with Crippen LogP contribution in [0, 0.1) is 11.3 Å². The molecule has 0 aromatic carbocycles. The second-order valence-corrected chi connectivity index (χ2v) is 14.9. The number of ether oxygens (including phenoxy) is 2. The van der Waals surface area contributed by atoms with E-state index < -0.39 is 35.3 Å². The summed E-state index contributed by atoms with van der Waals surface area (Å²) in [4.78, 5) is 40.3. The third-order valence-corrected chi connectivity index (χ3v) is 9.69. The smallest absolute Gasteiger partial charge is 0.315 e. The Bertz CT molecular complexity index is 994. The van der Waals surface area contributed by atoms with Gasteiger partial charge < -0.3 is 30.5 Å². The van der Waals surface area contributed by atoms with Gasteiger partial charge in [-0.25, -0.2) is 4.79 Å². The van der Waals surface area contributed by atoms with E-state index in [0.29, 0.717) is 13.2 Å². The molecule has 0 spiro atoms. The van der Waals surface area contributed by atoms with Crippen molar-refractivity contribution in [2.45, 2.75) is 174 Å². The molecule has 2 aliphatic rings. The van der Waals surface area contributed by atoms with Crippen LogP contribution in [0.15, 0.2) is 24.3 Å². The highest BCUT2D eigenvalue weighted by atomic mass is 16.7. The fourth-order valence-corrected chi connectivity index (χ4v) is 6.96. The van der Waals surface area contributed by atoms with Gasteiger partial charge in [-0.1, -0.05) is 103 Å². The number of urea groups is 1. The predicted molar refractivity (Wildman–Crippen MR) is 189 cm³/mol. The first-order chi connectivity index (χ1) is 22.4. The maximum absolute atomic E-state index is 13.7. The van der Waals surface area contributed by atoms with Crippen LogP contribution in [0.3, 0.4) is 0 Å². The number of allylic oxidation sites excluding steroid dienone is 4. The minimum Gasteiger partial charge on any atom is -0.481 e. The summed E-state index contributed by atoms with van der Waals surface area (Å²) in [6, 6.07) is -1.35. The van der Waals surface area contributed by atoms with Gasteiger partial charge in [-0.3, -0.25) is 9.59 Å². The molecule has 9 heteroatoms. The van der Waals surface area contributed by atoms with Crippen LogP contribution in [0.1, 0.15) is 150 Å². The molecule has 4 unspecified atom stereocenters. The van der Waals surface area contributed by atoms with Crippen LogP contribution in [-0.4, -0.2) is 65.0 Å². The molecule has 1 heterocycles. The van der Waals surface area contributed by atoms with Gasteiger partial charge >= 0.3 is 12.0 Å². The first kappa shape index (κ1) is 40.8. The Hall–Kier alpha value is -2.39. The Morgan fingerprint density at radius 2 is 1.51 bits per heavy atom. The third kappa shape index (κ3) is 15.6. The molecule has 0 aromatic heterocycles. The van der Waals surface area contributed by atoms with Gasteiger partial charge in [-0.05, 0) is 65.2 Å². The molecule has 1 aliphatic heterocycles. The van der Waals surface area contributed by atoms with E-state index in [1.807, 2.05) is 13.8 Å². The van der Waals surface area contributed by atoms with Gasteiger partial charge in [0.15, 0.2) is 5.79 Å². The van der Waals surface area contributed by atoms with Gasteiger partial charge in [0.2, 0.25) is 5.91 Å². The number of nitrogens with one attached hydrogen (secondary N) is 1. The Morgan fingerprint density at radius 1 is 0.894 bits per heavy atom. The standard InChI is InChI=1S/C38H67N3O6/c1-6-7-8-9-10-11-12-13-14-15-16-17-18-19-20-24-27-41(36(39)45)32-26-23-21-22-25-30(32)31(28-33(42)43)40-35(44)34-37(2,3)29-46-38(4,5)47-34/h11-12,14-15,30-32,34H,6-10,13,16-29H2,1-5H3,(H2,39,45)(H,40,44)(H,42,43). The molecule has 9 nitrogen and oxygen atoms in total. The quantitative estimate of drug-likeness (QED) is 0.0645. The monoisotopic (exact) mass is 662 g/mol. The lowest BCUT2D eigenvalue weighted by Crippen LogP contribution is -2.60. The number of unbranched alkanes of at least 4 members (excludes halogenated alkanes) is 9. The number of hydrogen-bond acceptors (Lipinski definition) is 5. The van der Waals surface area contributed by atoms with E-state index in [2.05, 4.69) is 36.5 Å². The third-order valence-electron chi connectivity index (χ3n) is 9.69. The van der Waals surface area contributed by atoms with Crippen LogP contribution in [0.4, 0.5) is 4.79 Å². The van der Waals surface area contributed by atoms with E-state index in [4.69, 9.17) is 15.2 Å². The molecule has 3 amide bonds. The number of hydrogen-bond donors (Lipinski definition) is 3. The molecule has 1 saturated heterocycles. The summed E-state index contributed by atoms with van der Waals surface area (Å²) in [5.41, 5.74) is 5.38. The van der Waals surface area contributed by atoms with Crippen molar-refractivity contribution in [2.75, 3.05) is 13.2 Å². The summed E-state index contributed by atoms with van der Waals surface area (Å²) in [6.45, 7) is 10.5. The van der Waals surface area contributed by atoms with Crippen molar-refractivity contribution < 1.29 is 29.0 Å². The minimum atomic E-state index is -0.986. The Kier molecular flexibility index (Phi) is 18.7. The number of amides is 3. The van der Waals surface area contributed by atoms with Crippen LogP contribution in [0.25, 0.3) is 0 Å². The molecule has 47 heavy (non-hydrogen) atoms. The molecule has 1 saturated carbocycles.